The summed E-state index contributed by atoms with van der Waals surface area (Å²) < 4.78 is 4.87. The predicted octanol–water partition coefficient (Wildman–Crippen LogP) is 0.746. The fraction of sp³-hybridized carbons (Fsp3) is 0.846. The van der Waals surface area contributed by atoms with Gasteiger partial charge in [-0.2, -0.15) is 0 Å². The second kappa shape index (κ2) is 6.86. The average Bonchev–Trinajstić information content (AvgIpc) is 2.25. The maximum absolute atomic E-state index is 12.2. The molecule has 19 heavy (non-hydrogen) atoms. The number of nitrogens with one attached hydrogen (secondary N) is 1. The molecule has 0 radical (unpaired) electrons. The molecule has 0 spiro atoms. The SMILES string of the molecule is COCCCC(NC(=O)C(C)(C)C(C)(C)N)C(=O)O. The molecule has 6 nitrogen and oxygen atoms in total. The number of carboxylic acid groups (broad SMARTS) is 1. The molecule has 0 fully saturated rings. The van der Waals surface area contributed by atoms with Gasteiger partial charge in [0.25, 0.3) is 0 Å². The van der Waals surface area contributed by atoms with E-state index in [-0.39, 0.29) is 5.91 Å². The first-order valence-electron chi connectivity index (χ1n) is 6.35. The van der Waals surface area contributed by atoms with Crippen molar-refractivity contribution in [2.24, 2.45) is 11.1 Å². The lowest BCUT2D eigenvalue weighted by molar-refractivity contribution is -0.144. The van der Waals surface area contributed by atoms with Crippen LogP contribution in [0.1, 0.15) is 40.5 Å². The number of carbonyl (C=O) groups excluding carboxylic acids is 1. The molecule has 0 aromatic rings. The highest BCUT2D eigenvalue weighted by atomic mass is 16.5. The van der Waals surface area contributed by atoms with Crippen molar-refractivity contribution in [1.82, 2.24) is 5.32 Å². The van der Waals surface area contributed by atoms with Crippen LogP contribution >= 0.6 is 0 Å². The highest BCUT2D eigenvalue weighted by Crippen LogP contribution is 2.28. The Morgan fingerprint density at radius 2 is 1.84 bits per heavy atom. The Morgan fingerprint density at radius 1 is 1.32 bits per heavy atom. The fourth-order valence-electron chi connectivity index (χ4n) is 1.32. The first-order chi connectivity index (χ1) is 8.54. The van der Waals surface area contributed by atoms with Crippen molar-refractivity contribution in [3.8, 4) is 0 Å². The van der Waals surface area contributed by atoms with Crippen LogP contribution in [0.2, 0.25) is 0 Å². The lowest BCUT2D eigenvalue weighted by atomic mass is 9.74. The minimum Gasteiger partial charge on any atom is -0.480 e. The van der Waals surface area contributed by atoms with Crippen LogP contribution in [0, 0.1) is 5.41 Å². The van der Waals surface area contributed by atoms with Crippen molar-refractivity contribution in [3.63, 3.8) is 0 Å². The number of carboxylic acids is 1. The second-order valence-corrected chi connectivity index (χ2v) is 5.85. The van der Waals surface area contributed by atoms with E-state index in [1.807, 2.05) is 0 Å². The van der Waals surface area contributed by atoms with Crippen molar-refractivity contribution in [2.45, 2.75) is 52.1 Å². The van der Waals surface area contributed by atoms with Crippen LogP contribution in [-0.2, 0) is 14.3 Å². The molecule has 0 aliphatic rings. The molecule has 1 unspecified atom stereocenters. The van der Waals surface area contributed by atoms with Gasteiger partial charge in [0.2, 0.25) is 5.91 Å². The van der Waals surface area contributed by atoms with E-state index in [1.165, 1.54) is 0 Å². The number of nitrogens with two attached hydrogens (primary N) is 1. The summed E-state index contributed by atoms with van der Waals surface area (Å²) in [5, 5.41) is 11.7. The minimum atomic E-state index is -1.05. The maximum atomic E-state index is 12.2. The lowest BCUT2D eigenvalue weighted by Gasteiger charge is -2.37. The monoisotopic (exact) mass is 274 g/mol. The molecule has 0 rings (SSSR count). The standard InChI is InChI=1S/C13H26N2O4/c1-12(2,13(3,4)14)11(18)15-9(10(16)17)7-6-8-19-5/h9H,6-8,14H2,1-5H3,(H,15,18)(H,16,17). The number of carbonyl (C=O) groups is 2. The zero-order valence-corrected chi connectivity index (χ0v) is 12.4. The summed E-state index contributed by atoms with van der Waals surface area (Å²) in [6, 6.07) is -0.913. The van der Waals surface area contributed by atoms with E-state index in [1.54, 1.807) is 34.8 Å². The lowest BCUT2D eigenvalue weighted by Crippen LogP contribution is -2.58. The first kappa shape index (κ1) is 17.9. The summed E-state index contributed by atoms with van der Waals surface area (Å²) >= 11 is 0. The van der Waals surface area contributed by atoms with Gasteiger partial charge in [-0.25, -0.2) is 4.79 Å². The zero-order valence-electron chi connectivity index (χ0n) is 12.4. The molecule has 0 bridgehead atoms. The van der Waals surface area contributed by atoms with Crippen LogP contribution in [0.5, 0.6) is 0 Å². The Labute approximate surface area is 114 Å². The number of amides is 1. The van der Waals surface area contributed by atoms with E-state index >= 15 is 0 Å². The van der Waals surface area contributed by atoms with Gasteiger partial charge < -0.3 is 20.9 Å². The highest BCUT2D eigenvalue weighted by molar-refractivity contribution is 5.87. The second-order valence-electron chi connectivity index (χ2n) is 5.85. The van der Waals surface area contributed by atoms with E-state index in [0.717, 1.165) is 0 Å². The van der Waals surface area contributed by atoms with Crippen molar-refractivity contribution in [1.29, 1.82) is 0 Å². The van der Waals surface area contributed by atoms with Crippen LogP contribution in [-0.4, -0.2) is 42.3 Å². The molecule has 0 saturated heterocycles. The van der Waals surface area contributed by atoms with E-state index in [0.29, 0.717) is 19.4 Å². The molecule has 0 aromatic carbocycles. The maximum Gasteiger partial charge on any atom is 0.326 e. The van der Waals surface area contributed by atoms with Gasteiger partial charge in [0.1, 0.15) is 6.04 Å². The summed E-state index contributed by atoms with van der Waals surface area (Å²) in [7, 11) is 1.55. The molecule has 0 aliphatic heterocycles. The van der Waals surface area contributed by atoms with E-state index in [9.17, 15) is 9.59 Å². The third kappa shape index (κ3) is 5.16. The smallest absolute Gasteiger partial charge is 0.326 e. The van der Waals surface area contributed by atoms with Crippen LogP contribution < -0.4 is 11.1 Å². The third-order valence-corrected chi connectivity index (χ3v) is 3.62. The van der Waals surface area contributed by atoms with E-state index in [2.05, 4.69) is 5.32 Å². The normalized spacial score (nSPS) is 14.0. The van der Waals surface area contributed by atoms with Crippen molar-refractivity contribution >= 4 is 11.9 Å². The van der Waals surface area contributed by atoms with Gasteiger partial charge in [0, 0.05) is 19.3 Å². The Bertz CT molecular complexity index is 321. The number of rotatable bonds is 8. The number of aliphatic carboxylic acids is 1. The zero-order chi connectivity index (χ0) is 15.3. The third-order valence-electron chi connectivity index (χ3n) is 3.62. The highest BCUT2D eigenvalue weighted by Gasteiger charge is 2.41. The Balaban J connectivity index is 4.68. The number of hydrogen-bond donors (Lipinski definition) is 3. The molecule has 1 atom stereocenters. The molecule has 6 heteroatoms. The van der Waals surface area contributed by atoms with Gasteiger partial charge >= 0.3 is 5.97 Å². The molecule has 0 heterocycles. The largest absolute Gasteiger partial charge is 0.480 e. The van der Waals surface area contributed by atoms with Gasteiger partial charge in [0.05, 0.1) is 5.41 Å². The van der Waals surface area contributed by atoms with Crippen LogP contribution in [0.15, 0.2) is 0 Å². The first-order valence-corrected chi connectivity index (χ1v) is 6.35. The topological polar surface area (TPSA) is 102 Å². The van der Waals surface area contributed by atoms with E-state index < -0.39 is 23.0 Å². The number of methoxy groups -OCH3 is 1. The van der Waals surface area contributed by atoms with Gasteiger partial charge in [0.15, 0.2) is 0 Å². The van der Waals surface area contributed by atoms with Crippen LogP contribution in [0.4, 0.5) is 0 Å². The molecule has 1 amide bonds. The fourth-order valence-corrected chi connectivity index (χ4v) is 1.32. The van der Waals surface area contributed by atoms with Gasteiger partial charge in [-0.3, -0.25) is 4.79 Å². The average molecular weight is 274 g/mol. The molecule has 0 saturated carbocycles. The van der Waals surface area contributed by atoms with E-state index in [4.69, 9.17) is 15.6 Å². The summed E-state index contributed by atoms with van der Waals surface area (Å²) in [6.45, 7) is 7.36. The van der Waals surface area contributed by atoms with Crippen molar-refractivity contribution in [3.05, 3.63) is 0 Å². The van der Waals surface area contributed by atoms with Crippen molar-refractivity contribution < 1.29 is 19.4 Å². The van der Waals surface area contributed by atoms with Gasteiger partial charge in [-0.15, -0.1) is 0 Å². The summed E-state index contributed by atoms with van der Waals surface area (Å²) in [4.78, 5) is 23.3. The summed E-state index contributed by atoms with van der Waals surface area (Å²) in [5.41, 5.74) is 4.36. The number of ether oxygens (including phenoxy) is 1. The predicted molar refractivity (Wildman–Crippen MR) is 72.7 cm³/mol. The Morgan fingerprint density at radius 3 is 2.21 bits per heavy atom. The molecular formula is C13H26N2O4. The summed E-state index contributed by atoms with van der Waals surface area (Å²) in [6.07, 6.45) is 0.899. The van der Waals surface area contributed by atoms with Crippen LogP contribution in [0.3, 0.4) is 0 Å². The molecule has 0 aromatic heterocycles. The van der Waals surface area contributed by atoms with Crippen LogP contribution in [0.25, 0.3) is 0 Å². The molecule has 4 N–H and O–H groups in total. The molecule has 0 aliphatic carbocycles. The van der Waals surface area contributed by atoms with Gasteiger partial charge in [-0.1, -0.05) is 0 Å². The Kier molecular flexibility index (Phi) is 6.45. The Hall–Kier alpha value is -1.14. The number of hydrogen-bond acceptors (Lipinski definition) is 4. The summed E-state index contributed by atoms with van der Waals surface area (Å²) in [5.74, 6) is -1.40. The van der Waals surface area contributed by atoms with Crippen molar-refractivity contribution in [2.75, 3.05) is 13.7 Å². The molecular weight excluding hydrogens is 248 g/mol. The molecule has 112 valence electrons. The quantitative estimate of drug-likeness (QED) is 0.567. The minimum absolute atomic E-state index is 0.329. The van der Waals surface area contributed by atoms with Gasteiger partial charge in [-0.05, 0) is 40.5 Å².